The number of aliphatic hydroxyl groups is 1. The van der Waals surface area contributed by atoms with Crippen molar-refractivity contribution in [2.24, 2.45) is 5.16 Å². The van der Waals surface area contributed by atoms with Crippen LogP contribution in [-0.4, -0.2) is 50.9 Å². The number of oxime groups is 1. The van der Waals surface area contributed by atoms with Crippen LogP contribution in [0.15, 0.2) is 35.6 Å². The number of nitrogens with zero attached hydrogens (tertiary/aromatic N) is 2. The summed E-state index contributed by atoms with van der Waals surface area (Å²) in [5, 5.41) is 34.3. The zero-order chi connectivity index (χ0) is 16.1. The van der Waals surface area contributed by atoms with E-state index in [2.05, 4.69) is 10.5 Å². The van der Waals surface area contributed by atoms with Crippen LogP contribution in [0.1, 0.15) is 12.5 Å². The first-order valence-electron chi connectivity index (χ1n) is 6.92. The second-order valence-electron chi connectivity index (χ2n) is 5.12. The maximum absolute atomic E-state index is 10.7. The van der Waals surface area contributed by atoms with Crippen molar-refractivity contribution >= 4 is 23.1 Å². The molecule has 0 aliphatic heterocycles. The molecule has 0 bridgehead atoms. The van der Waals surface area contributed by atoms with Gasteiger partial charge in [-0.2, -0.15) is 0 Å². The number of nitrogens with one attached hydrogen (secondary N) is 1. The average Bonchev–Trinajstić information content (AvgIpc) is 2.83. The Balaban J connectivity index is 2.12. The molecule has 0 saturated carbocycles. The molecule has 4 N–H and O–H groups in total. The lowest BCUT2D eigenvalue weighted by atomic mass is 10.2. The topological polar surface area (TPSA) is 107 Å². The van der Waals surface area contributed by atoms with Crippen LogP contribution in [0.2, 0.25) is 0 Å². The van der Waals surface area contributed by atoms with E-state index >= 15 is 0 Å². The average molecular weight is 305 g/mol. The fraction of sp³-hybridized carbons (Fsp3) is 0.333. The quantitative estimate of drug-likeness (QED) is 0.345. The normalized spacial score (nSPS) is 14.5. The largest absolute Gasteiger partial charge is 0.480 e. The maximum Gasteiger partial charge on any atom is 0.320 e. The van der Waals surface area contributed by atoms with Gasteiger partial charge in [0.2, 0.25) is 0 Å². The summed E-state index contributed by atoms with van der Waals surface area (Å²) in [5.41, 5.74) is 1.65. The first-order valence-corrected chi connectivity index (χ1v) is 6.92. The minimum atomic E-state index is -0.958. The van der Waals surface area contributed by atoms with Crippen molar-refractivity contribution in [3.05, 3.63) is 36.0 Å². The minimum absolute atomic E-state index is 0.170. The molecule has 0 aliphatic rings. The van der Waals surface area contributed by atoms with Gasteiger partial charge in [-0.25, -0.2) is 0 Å². The van der Waals surface area contributed by atoms with Gasteiger partial charge in [-0.1, -0.05) is 23.4 Å². The SMILES string of the molecule is CC(NCC(O)Cn1cc(C=NO)c2ccccc21)C(=O)O. The number of hydrogen-bond donors (Lipinski definition) is 4. The molecule has 0 saturated heterocycles. The molecule has 1 aromatic carbocycles. The van der Waals surface area contributed by atoms with Gasteiger partial charge in [0.25, 0.3) is 0 Å². The van der Waals surface area contributed by atoms with Crippen molar-refractivity contribution in [1.82, 2.24) is 9.88 Å². The van der Waals surface area contributed by atoms with Crippen LogP contribution in [-0.2, 0) is 11.3 Å². The number of rotatable bonds is 7. The fourth-order valence-electron chi connectivity index (χ4n) is 2.28. The van der Waals surface area contributed by atoms with Crippen molar-refractivity contribution in [2.45, 2.75) is 25.6 Å². The summed E-state index contributed by atoms with van der Waals surface area (Å²) in [5.74, 6) is -0.958. The van der Waals surface area contributed by atoms with E-state index in [9.17, 15) is 9.90 Å². The van der Waals surface area contributed by atoms with E-state index in [0.717, 1.165) is 16.5 Å². The molecular weight excluding hydrogens is 286 g/mol. The van der Waals surface area contributed by atoms with Crippen LogP contribution in [0.5, 0.6) is 0 Å². The first kappa shape index (κ1) is 16.0. The molecule has 0 spiro atoms. The standard InChI is InChI=1S/C15H19N3O4/c1-10(15(20)21)16-7-12(19)9-18-8-11(6-17-22)13-4-2-3-5-14(13)18/h2-6,8,10,12,16,19,22H,7,9H2,1H3,(H,20,21). The zero-order valence-corrected chi connectivity index (χ0v) is 12.2. The third-order valence-corrected chi connectivity index (χ3v) is 3.45. The Morgan fingerprint density at radius 2 is 2.18 bits per heavy atom. The number of aromatic nitrogens is 1. The van der Waals surface area contributed by atoms with Crippen LogP contribution in [0, 0.1) is 0 Å². The van der Waals surface area contributed by atoms with Crippen molar-refractivity contribution in [3.63, 3.8) is 0 Å². The second-order valence-corrected chi connectivity index (χ2v) is 5.12. The Morgan fingerprint density at radius 1 is 1.45 bits per heavy atom. The van der Waals surface area contributed by atoms with Crippen LogP contribution in [0.25, 0.3) is 10.9 Å². The summed E-state index contributed by atoms with van der Waals surface area (Å²) < 4.78 is 1.85. The number of carboxylic acids is 1. The minimum Gasteiger partial charge on any atom is -0.480 e. The molecule has 1 heterocycles. The molecule has 2 atom stereocenters. The molecule has 7 heteroatoms. The van der Waals surface area contributed by atoms with Gasteiger partial charge in [0.15, 0.2) is 0 Å². The molecule has 2 aromatic rings. The molecule has 2 unspecified atom stereocenters. The van der Waals surface area contributed by atoms with Crippen molar-refractivity contribution in [2.75, 3.05) is 6.54 Å². The lowest BCUT2D eigenvalue weighted by Crippen LogP contribution is -2.39. The number of para-hydroxylation sites is 1. The van der Waals surface area contributed by atoms with E-state index in [-0.39, 0.29) is 6.54 Å². The molecule has 0 aliphatic carbocycles. The van der Waals surface area contributed by atoms with Crippen LogP contribution in [0.4, 0.5) is 0 Å². The number of carboxylic acid groups (broad SMARTS) is 1. The van der Waals surface area contributed by atoms with E-state index in [1.54, 1.807) is 6.20 Å². The van der Waals surface area contributed by atoms with Gasteiger partial charge in [-0.3, -0.25) is 4.79 Å². The van der Waals surface area contributed by atoms with E-state index < -0.39 is 18.1 Å². The summed E-state index contributed by atoms with van der Waals surface area (Å²) in [6.07, 6.45) is 2.39. The molecule has 1 aromatic heterocycles. The Labute approximate surface area is 127 Å². The van der Waals surface area contributed by atoms with Gasteiger partial charge in [-0.05, 0) is 13.0 Å². The highest BCUT2D eigenvalue weighted by Gasteiger charge is 2.14. The highest BCUT2D eigenvalue weighted by molar-refractivity contribution is 5.99. The molecular formula is C15H19N3O4. The Bertz CT molecular complexity index is 680. The number of aliphatic carboxylic acids is 1. The van der Waals surface area contributed by atoms with Crippen molar-refractivity contribution in [1.29, 1.82) is 0 Å². The van der Waals surface area contributed by atoms with Gasteiger partial charge in [0.1, 0.15) is 6.04 Å². The van der Waals surface area contributed by atoms with E-state index in [4.69, 9.17) is 10.3 Å². The van der Waals surface area contributed by atoms with E-state index in [1.165, 1.54) is 13.1 Å². The highest BCUT2D eigenvalue weighted by Crippen LogP contribution is 2.20. The summed E-state index contributed by atoms with van der Waals surface area (Å²) in [6, 6.07) is 6.86. The lowest BCUT2D eigenvalue weighted by Gasteiger charge is -2.15. The zero-order valence-electron chi connectivity index (χ0n) is 12.2. The maximum atomic E-state index is 10.7. The highest BCUT2D eigenvalue weighted by atomic mass is 16.4. The molecule has 118 valence electrons. The summed E-state index contributed by atoms with van der Waals surface area (Å²) in [6.45, 7) is 2.00. The smallest absolute Gasteiger partial charge is 0.320 e. The van der Waals surface area contributed by atoms with Crippen LogP contribution < -0.4 is 5.32 Å². The predicted molar refractivity (Wildman–Crippen MR) is 82.4 cm³/mol. The van der Waals surface area contributed by atoms with Gasteiger partial charge in [0.05, 0.1) is 12.3 Å². The second kappa shape index (κ2) is 7.06. The van der Waals surface area contributed by atoms with E-state index in [0.29, 0.717) is 6.54 Å². The van der Waals surface area contributed by atoms with Gasteiger partial charge < -0.3 is 25.3 Å². The third kappa shape index (κ3) is 3.63. The molecule has 0 radical (unpaired) electrons. The predicted octanol–water partition coefficient (Wildman–Crippen LogP) is 0.873. The van der Waals surface area contributed by atoms with E-state index in [1.807, 2.05) is 28.8 Å². The molecule has 22 heavy (non-hydrogen) atoms. The Morgan fingerprint density at radius 3 is 2.86 bits per heavy atom. The van der Waals surface area contributed by atoms with Crippen molar-refractivity contribution in [3.8, 4) is 0 Å². The number of benzene rings is 1. The summed E-state index contributed by atoms with van der Waals surface area (Å²) >= 11 is 0. The van der Waals surface area contributed by atoms with Gasteiger partial charge in [-0.15, -0.1) is 0 Å². The van der Waals surface area contributed by atoms with Crippen LogP contribution >= 0.6 is 0 Å². The number of carbonyl (C=O) groups is 1. The van der Waals surface area contributed by atoms with Crippen LogP contribution in [0.3, 0.4) is 0 Å². The molecule has 0 fully saturated rings. The molecule has 0 amide bonds. The Kier molecular flexibility index (Phi) is 5.13. The summed E-state index contributed by atoms with van der Waals surface area (Å²) in [4.78, 5) is 10.7. The monoisotopic (exact) mass is 305 g/mol. The Hall–Kier alpha value is -2.38. The number of fused-ring (bicyclic) bond motifs is 1. The number of aliphatic hydroxyl groups excluding tert-OH is 1. The van der Waals surface area contributed by atoms with Gasteiger partial charge in [0, 0.05) is 35.8 Å². The fourth-order valence-corrected chi connectivity index (χ4v) is 2.28. The number of hydrogen-bond acceptors (Lipinski definition) is 5. The molecule has 2 rings (SSSR count). The summed E-state index contributed by atoms with van der Waals surface area (Å²) in [7, 11) is 0. The molecule has 7 nitrogen and oxygen atoms in total. The lowest BCUT2D eigenvalue weighted by molar-refractivity contribution is -0.139. The first-order chi connectivity index (χ1) is 10.5. The third-order valence-electron chi connectivity index (χ3n) is 3.45. The van der Waals surface area contributed by atoms with Crippen molar-refractivity contribution < 1.29 is 20.2 Å². The van der Waals surface area contributed by atoms with Gasteiger partial charge >= 0.3 is 5.97 Å².